The molecule has 1 amide bonds. The number of benzene rings is 2. The van der Waals surface area contributed by atoms with Crippen LogP contribution in [0, 0.1) is 5.92 Å². The van der Waals surface area contributed by atoms with E-state index in [1.54, 1.807) is 0 Å². The fourth-order valence-corrected chi connectivity index (χ4v) is 4.49. The highest BCUT2D eigenvalue weighted by molar-refractivity contribution is 5.93. The summed E-state index contributed by atoms with van der Waals surface area (Å²) < 4.78 is 40.1. The topological polar surface area (TPSA) is 46.9 Å². The van der Waals surface area contributed by atoms with Crippen LogP contribution >= 0.6 is 0 Å². The van der Waals surface area contributed by atoms with Gasteiger partial charge in [0.2, 0.25) is 5.91 Å². The van der Waals surface area contributed by atoms with Crippen molar-refractivity contribution in [2.24, 2.45) is 13.0 Å². The van der Waals surface area contributed by atoms with Crippen LogP contribution in [0.25, 0.3) is 11.0 Å². The van der Waals surface area contributed by atoms with E-state index in [1.807, 2.05) is 25.2 Å². The zero-order valence-corrected chi connectivity index (χ0v) is 17.7. The number of anilines is 1. The number of carbonyl (C=O) groups is 1. The smallest absolute Gasteiger partial charge is 0.331 e. The summed E-state index contributed by atoms with van der Waals surface area (Å²) in [7, 11) is 2.02. The predicted octanol–water partition coefficient (Wildman–Crippen LogP) is 6.07. The first-order valence-corrected chi connectivity index (χ1v) is 10.6. The second kappa shape index (κ2) is 8.36. The summed E-state index contributed by atoms with van der Waals surface area (Å²) in [6.45, 7) is 2.28. The first-order chi connectivity index (χ1) is 14.7. The number of fused-ring (bicyclic) bond motifs is 1. The van der Waals surface area contributed by atoms with E-state index in [0.29, 0.717) is 29.5 Å². The van der Waals surface area contributed by atoms with Gasteiger partial charge in [-0.25, -0.2) is 4.98 Å². The Morgan fingerprint density at radius 3 is 2.55 bits per heavy atom. The average molecular weight is 429 g/mol. The minimum Gasteiger partial charge on any atom is -0.331 e. The van der Waals surface area contributed by atoms with Crippen molar-refractivity contribution < 1.29 is 18.0 Å². The number of amides is 1. The molecule has 3 aromatic rings. The number of aryl methyl sites for hydroxylation is 2. The van der Waals surface area contributed by atoms with Crippen LogP contribution < -0.4 is 5.32 Å². The summed E-state index contributed by atoms with van der Waals surface area (Å²) in [5.74, 6) is 2.02. The highest BCUT2D eigenvalue weighted by atomic mass is 19.4. The Balaban J connectivity index is 1.41. The van der Waals surface area contributed by atoms with E-state index in [1.165, 1.54) is 25.0 Å². The maximum absolute atomic E-state index is 12.7. The zero-order chi connectivity index (χ0) is 22.2. The van der Waals surface area contributed by atoms with Crippen molar-refractivity contribution in [1.29, 1.82) is 0 Å². The molecule has 1 heterocycles. The molecule has 0 aliphatic heterocycles. The van der Waals surface area contributed by atoms with E-state index >= 15 is 0 Å². The first kappa shape index (κ1) is 21.4. The van der Waals surface area contributed by atoms with Crippen molar-refractivity contribution >= 4 is 22.6 Å². The van der Waals surface area contributed by atoms with Crippen molar-refractivity contribution in [3.05, 3.63) is 59.4 Å². The molecule has 0 spiro atoms. The molecule has 1 fully saturated rings. The van der Waals surface area contributed by atoms with E-state index in [2.05, 4.69) is 16.8 Å². The zero-order valence-electron chi connectivity index (χ0n) is 17.7. The second-order valence-electron chi connectivity index (χ2n) is 8.49. The van der Waals surface area contributed by atoms with E-state index in [4.69, 9.17) is 4.98 Å². The fourth-order valence-electron chi connectivity index (χ4n) is 4.49. The van der Waals surface area contributed by atoms with Gasteiger partial charge >= 0.3 is 6.18 Å². The number of aromatic nitrogens is 2. The van der Waals surface area contributed by atoms with Crippen LogP contribution in [-0.4, -0.2) is 15.5 Å². The van der Waals surface area contributed by atoms with Gasteiger partial charge in [-0.3, -0.25) is 4.79 Å². The highest BCUT2D eigenvalue weighted by Gasteiger charge is 2.30. The molecule has 7 heteroatoms. The largest absolute Gasteiger partial charge is 0.416 e. The lowest BCUT2D eigenvalue weighted by Gasteiger charge is -2.14. The Morgan fingerprint density at radius 2 is 1.90 bits per heavy atom. The number of hydrogen-bond acceptors (Lipinski definition) is 2. The van der Waals surface area contributed by atoms with Gasteiger partial charge in [0.15, 0.2) is 0 Å². The first-order valence-electron chi connectivity index (χ1n) is 10.6. The van der Waals surface area contributed by atoms with Crippen LogP contribution in [0.5, 0.6) is 0 Å². The van der Waals surface area contributed by atoms with Gasteiger partial charge in [-0.2, -0.15) is 13.2 Å². The number of rotatable bonds is 5. The fraction of sp³-hybridized carbons (Fsp3) is 0.417. The summed E-state index contributed by atoms with van der Waals surface area (Å²) in [6, 6.07) is 10.6. The maximum Gasteiger partial charge on any atom is 0.416 e. The van der Waals surface area contributed by atoms with Gasteiger partial charge < -0.3 is 9.88 Å². The van der Waals surface area contributed by atoms with Crippen LogP contribution in [0.15, 0.2) is 42.5 Å². The molecule has 0 saturated heterocycles. The molecule has 164 valence electrons. The van der Waals surface area contributed by atoms with Crippen LogP contribution in [0.2, 0.25) is 0 Å². The van der Waals surface area contributed by atoms with E-state index in [9.17, 15) is 18.0 Å². The summed E-state index contributed by atoms with van der Waals surface area (Å²) >= 11 is 0. The number of halogens is 3. The highest BCUT2D eigenvalue weighted by Crippen LogP contribution is 2.39. The van der Waals surface area contributed by atoms with Crippen molar-refractivity contribution in [2.75, 3.05) is 5.32 Å². The van der Waals surface area contributed by atoms with E-state index in [0.717, 1.165) is 35.4 Å². The molecular formula is C24H26F3N3O. The minimum absolute atomic E-state index is 0.175. The molecule has 1 saturated carbocycles. The average Bonchev–Trinajstić information content (AvgIpc) is 3.29. The number of nitrogens with one attached hydrogen (secondary N) is 1. The number of imidazole rings is 1. The normalized spacial score (nSPS) is 19.1. The van der Waals surface area contributed by atoms with Gasteiger partial charge in [-0.05, 0) is 61.1 Å². The Hall–Kier alpha value is -2.83. The molecular weight excluding hydrogens is 403 g/mol. The van der Waals surface area contributed by atoms with Gasteiger partial charge in [-0.1, -0.05) is 25.5 Å². The van der Waals surface area contributed by atoms with Crippen molar-refractivity contribution in [2.45, 2.75) is 51.1 Å². The van der Waals surface area contributed by atoms with Gasteiger partial charge in [0.05, 0.1) is 16.6 Å². The minimum atomic E-state index is -4.35. The van der Waals surface area contributed by atoms with Crippen LogP contribution in [-0.2, 0) is 24.4 Å². The lowest BCUT2D eigenvalue weighted by molar-refractivity contribution is -0.137. The summed E-state index contributed by atoms with van der Waals surface area (Å²) in [5, 5.41) is 2.89. The van der Waals surface area contributed by atoms with Crippen molar-refractivity contribution in [1.82, 2.24) is 9.55 Å². The quantitative estimate of drug-likeness (QED) is 0.535. The molecule has 1 aliphatic carbocycles. The number of hydrogen-bond donors (Lipinski definition) is 1. The molecule has 1 aliphatic rings. The third-order valence-corrected chi connectivity index (χ3v) is 6.31. The Labute approximate surface area is 179 Å². The Bertz CT molecular complexity index is 1090. The SMILES string of the molecule is CC1CCCC1c1nc2ccc(NC(=O)CCc3ccc(C(F)(F)F)cc3)cc2n1C. The van der Waals surface area contributed by atoms with Crippen LogP contribution in [0.4, 0.5) is 18.9 Å². The molecule has 1 aromatic heterocycles. The van der Waals surface area contributed by atoms with E-state index in [-0.39, 0.29) is 12.3 Å². The Morgan fingerprint density at radius 1 is 1.16 bits per heavy atom. The maximum atomic E-state index is 12.7. The lowest BCUT2D eigenvalue weighted by Crippen LogP contribution is -2.12. The van der Waals surface area contributed by atoms with Crippen molar-refractivity contribution in [3.63, 3.8) is 0 Å². The molecule has 0 radical (unpaired) electrons. The van der Waals surface area contributed by atoms with Gasteiger partial charge in [0, 0.05) is 25.1 Å². The summed E-state index contributed by atoms with van der Waals surface area (Å²) in [6.07, 6.45) is -0.160. The lowest BCUT2D eigenvalue weighted by atomic mass is 9.97. The third-order valence-electron chi connectivity index (χ3n) is 6.31. The summed E-state index contributed by atoms with van der Waals surface area (Å²) in [4.78, 5) is 17.2. The number of nitrogens with zero attached hydrogens (tertiary/aromatic N) is 2. The van der Waals surface area contributed by atoms with Gasteiger partial charge in [0.25, 0.3) is 0 Å². The molecule has 0 bridgehead atoms. The second-order valence-corrected chi connectivity index (χ2v) is 8.49. The molecule has 31 heavy (non-hydrogen) atoms. The number of alkyl halides is 3. The van der Waals surface area contributed by atoms with Crippen LogP contribution in [0.1, 0.15) is 55.5 Å². The Kier molecular flexibility index (Phi) is 5.77. The van der Waals surface area contributed by atoms with E-state index < -0.39 is 11.7 Å². The molecule has 2 atom stereocenters. The number of carbonyl (C=O) groups excluding carboxylic acids is 1. The predicted molar refractivity (Wildman–Crippen MR) is 115 cm³/mol. The molecule has 2 unspecified atom stereocenters. The standard InChI is InChI=1S/C24H26F3N3O/c1-15-4-3-5-19(15)23-29-20-12-11-18(14-21(20)30(23)2)28-22(31)13-8-16-6-9-17(10-7-16)24(25,26)27/h6-7,9-12,14-15,19H,3-5,8,13H2,1-2H3,(H,28,31). The third kappa shape index (κ3) is 4.60. The molecule has 4 nitrogen and oxygen atoms in total. The summed E-state index contributed by atoms with van der Waals surface area (Å²) in [5.41, 5.74) is 2.60. The van der Waals surface area contributed by atoms with Crippen molar-refractivity contribution in [3.8, 4) is 0 Å². The van der Waals surface area contributed by atoms with Gasteiger partial charge in [-0.15, -0.1) is 0 Å². The monoisotopic (exact) mass is 429 g/mol. The van der Waals surface area contributed by atoms with Gasteiger partial charge in [0.1, 0.15) is 5.82 Å². The molecule has 2 aromatic carbocycles. The molecule has 1 N–H and O–H groups in total. The molecule has 4 rings (SSSR count). The van der Waals surface area contributed by atoms with Crippen LogP contribution in [0.3, 0.4) is 0 Å².